The Morgan fingerprint density at radius 3 is 1.73 bits per heavy atom. The van der Waals surface area contributed by atoms with Gasteiger partial charge in [0.05, 0.1) is 6.61 Å². The fourth-order valence-corrected chi connectivity index (χ4v) is 2.51. The molecule has 22 heavy (non-hydrogen) atoms. The van der Waals surface area contributed by atoms with Crippen molar-refractivity contribution in [3.8, 4) is 11.5 Å². The topological polar surface area (TPSA) is 66.8 Å². The fraction of sp³-hybridized carbons (Fsp3) is 0.278. The number of aromatic hydroxyl groups is 2. The van der Waals surface area contributed by atoms with Gasteiger partial charge < -0.3 is 14.9 Å². The summed E-state index contributed by atoms with van der Waals surface area (Å²) in [6.07, 6.45) is 0.599. The van der Waals surface area contributed by atoms with Gasteiger partial charge in [-0.05, 0) is 41.8 Å². The van der Waals surface area contributed by atoms with Gasteiger partial charge >= 0.3 is 5.97 Å². The zero-order chi connectivity index (χ0) is 16.2. The number of carbonyl (C=O) groups excluding carboxylic acids is 1. The molecule has 0 atom stereocenters. The largest absolute Gasteiger partial charge is 0.508 e. The number of ether oxygens (including phenoxy) is 1. The molecule has 0 bridgehead atoms. The lowest BCUT2D eigenvalue weighted by Gasteiger charge is -2.31. The van der Waals surface area contributed by atoms with Gasteiger partial charge in [-0.2, -0.15) is 0 Å². The Labute approximate surface area is 130 Å². The van der Waals surface area contributed by atoms with Crippen molar-refractivity contribution in [1.82, 2.24) is 0 Å². The third-order valence-corrected chi connectivity index (χ3v) is 3.92. The number of benzene rings is 2. The summed E-state index contributed by atoms with van der Waals surface area (Å²) in [5.41, 5.74) is 1.61. The second kappa shape index (κ2) is 6.52. The van der Waals surface area contributed by atoms with Crippen molar-refractivity contribution >= 4 is 5.97 Å². The first-order chi connectivity index (χ1) is 10.4. The molecule has 0 radical (unpaired) electrons. The Bertz CT molecular complexity index is 584. The van der Waals surface area contributed by atoms with E-state index in [1.165, 1.54) is 6.92 Å². The lowest BCUT2D eigenvalue weighted by atomic mass is 9.74. The Kier molecular flexibility index (Phi) is 4.71. The lowest BCUT2D eigenvalue weighted by Crippen LogP contribution is -2.26. The van der Waals surface area contributed by atoms with Crippen LogP contribution >= 0.6 is 0 Å². The molecule has 4 nitrogen and oxygen atoms in total. The monoisotopic (exact) mass is 300 g/mol. The van der Waals surface area contributed by atoms with Crippen LogP contribution < -0.4 is 0 Å². The quantitative estimate of drug-likeness (QED) is 0.831. The molecule has 116 valence electrons. The molecule has 0 aromatic heterocycles. The van der Waals surface area contributed by atoms with E-state index >= 15 is 0 Å². The molecule has 0 aliphatic heterocycles. The van der Waals surface area contributed by atoms with E-state index in [-0.39, 0.29) is 17.5 Å². The normalized spacial score (nSPS) is 11.2. The van der Waals surface area contributed by atoms with Gasteiger partial charge in [0, 0.05) is 12.3 Å². The second-order valence-electron chi connectivity index (χ2n) is 5.52. The van der Waals surface area contributed by atoms with Crippen LogP contribution in [0.25, 0.3) is 0 Å². The molecule has 0 aliphatic rings. The van der Waals surface area contributed by atoms with Crippen molar-refractivity contribution in [3.63, 3.8) is 0 Å². The van der Waals surface area contributed by atoms with E-state index in [9.17, 15) is 15.0 Å². The molecule has 4 heteroatoms. The van der Waals surface area contributed by atoms with Crippen LogP contribution in [-0.2, 0) is 14.9 Å². The van der Waals surface area contributed by atoms with Gasteiger partial charge in [-0.3, -0.25) is 4.79 Å². The zero-order valence-electron chi connectivity index (χ0n) is 12.7. The molecule has 0 aliphatic carbocycles. The number of rotatable bonds is 5. The van der Waals surface area contributed by atoms with Gasteiger partial charge in [-0.25, -0.2) is 0 Å². The lowest BCUT2D eigenvalue weighted by molar-refractivity contribution is -0.141. The van der Waals surface area contributed by atoms with E-state index in [4.69, 9.17) is 4.74 Å². The van der Waals surface area contributed by atoms with Crippen LogP contribution in [-0.4, -0.2) is 22.8 Å². The van der Waals surface area contributed by atoms with Gasteiger partial charge in [-0.1, -0.05) is 31.2 Å². The van der Waals surface area contributed by atoms with E-state index in [1.54, 1.807) is 24.3 Å². The number of esters is 1. The minimum Gasteiger partial charge on any atom is -0.508 e. The summed E-state index contributed by atoms with van der Waals surface area (Å²) in [5, 5.41) is 19.0. The van der Waals surface area contributed by atoms with Gasteiger partial charge in [0.1, 0.15) is 11.5 Å². The van der Waals surface area contributed by atoms with Gasteiger partial charge in [0.2, 0.25) is 0 Å². The third kappa shape index (κ3) is 3.58. The first kappa shape index (κ1) is 15.9. The number of hydrogen-bond donors (Lipinski definition) is 2. The Balaban J connectivity index is 2.36. The molecule has 0 unspecified atom stereocenters. The fourth-order valence-electron chi connectivity index (χ4n) is 2.51. The maximum absolute atomic E-state index is 11.0. The van der Waals surface area contributed by atoms with Crippen molar-refractivity contribution in [3.05, 3.63) is 59.7 Å². The van der Waals surface area contributed by atoms with Gasteiger partial charge in [0.15, 0.2) is 0 Å². The maximum atomic E-state index is 11.0. The summed E-state index contributed by atoms with van der Waals surface area (Å²) >= 11 is 0. The van der Waals surface area contributed by atoms with Gasteiger partial charge in [0.25, 0.3) is 0 Å². The standard InChI is InChI=1S/C18H20O4/c1-13(19)22-12-11-18(2,14-3-7-16(20)8-4-14)15-5-9-17(21)10-6-15/h3-10,20-21H,11-12H2,1-2H3. The molecule has 0 spiro atoms. The molecule has 2 aromatic carbocycles. The summed E-state index contributed by atoms with van der Waals surface area (Å²) in [5.74, 6) is 0.104. The predicted octanol–water partition coefficient (Wildman–Crippen LogP) is 3.36. The zero-order valence-corrected chi connectivity index (χ0v) is 12.7. The van der Waals surface area contributed by atoms with Gasteiger partial charge in [-0.15, -0.1) is 0 Å². The summed E-state index contributed by atoms with van der Waals surface area (Å²) in [4.78, 5) is 11.0. The van der Waals surface area contributed by atoms with E-state index in [0.29, 0.717) is 13.0 Å². The average Bonchev–Trinajstić information content (AvgIpc) is 2.48. The van der Waals surface area contributed by atoms with E-state index < -0.39 is 5.41 Å². The van der Waals surface area contributed by atoms with Crippen LogP contribution in [0.1, 0.15) is 31.4 Å². The number of hydrogen-bond acceptors (Lipinski definition) is 4. The molecule has 2 N–H and O–H groups in total. The highest BCUT2D eigenvalue weighted by Gasteiger charge is 2.29. The summed E-state index contributed by atoms with van der Waals surface area (Å²) in [6, 6.07) is 14.0. The highest BCUT2D eigenvalue weighted by Crippen LogP contribution is 2.36. The number of carbonyl (C=O) groups is 1. The van der Waals surface area contributed by atoms with Crippen LogP contribution in [0.2, 0.25) is 0 Å². The Hall–Kier alpha value is -2.49. The van der Waals surface area contributed by atoms with Crippen LogP contribution in [0.3, 0.4) is 0 Å². The summed E-state index contributed by atoms with van der Waals surface area (Å²) in [7, 11) is 0. The Morgan fingerprint density at radius 1 is 0.955 bits per heavy atom. The highest BCUT2D eigenvalue weighted by molar-refractivity contribution is 5.65. The molecule has 2 aromatic rings. The molecular weight excluding hydrogens is 280 g/mol. The maximum Gasteiger partial charge on any atom is 0.302 e. The number of phenols is 2. The van der Waals surface area contributed by atoms with Crippen LogP contribution in [0.15, 0.2) is 48.5 Å². The molecule has 0 amide bonds. The minimum atomic E-state index is -0.392. The highest BCUT2D eigenvalue weighted by atomic mass is 16.5. The van der Waals surface area contributed by atoms with Crippen molar-refractivity contribution in [2.75, 3.05) is 6.61 Å². The second-order valence-corrected chi connectivity index (χ2v) is 5.52. The van der Waals surface area contributed by atoms with E-state index in [1.807, 2.05) is 24.3 Å². The molecule has 2 rings (SSSR count). The molecular formula is C18H20O4. The predicted molar refractivity (Wildman–Crippen MR) is 83.9 cm³/mol. The van der Waals surface area contributed by atoms with E-state index in [2.05, 4.69) is 6.92 Å². The van der Waals surface area contributed by atoms with Crippen LogP contribution in [0.5, 0.6) is 11.5 Å². The molecule has 0 saturated carbocycles. The van der Waals surface area contributed by atoms with Crippen LogP contribution in [0, 0.1) is 0 Å². The minimum absolute atomic E-state index is 0.205. The molecule has 0 heterocycles. The SMILES string of the molecule is CC(=O)OCCC(C)(c1ccc(O)cc1)c1ccc(O)cc1. The molecule has 0 saturated heterocycles. The first-order valence-corrected chi connectivity index (χ1v) is 7.14. The Morgan fingerprint density at radius 2 is 1.36 bits per heavy atom. The summed E-state index contributed by atoms with van der Waals surface area (Å²) < 4.78 is 5.09. The van der Waals surface area contributed by atoms with Crippen molar-refractivity contribution in [2.24, 2.45) is 0 Å². The summed E-state index contributed by atoms with van der Waals surface area (Å²) in [6.45, 7) is 3.74. The van der Waals surface area contributed by atoms with Crippen molar-refractivity contribution < 1.29 is 19.7 Å². The van der Waals surface area contributed by atoms with Crippen LogP contribution in [0.4, 0.5) is 0 Å². The average molecular weight is 300 g/mol. The van der Waals surface area contributed by atoms with Crippen molar-refractivity contribution in [1.29, 1.82) is 0 Å². The third-order valence-electron chi connectivity index (χ3n) is 3.92. The van der Waals surface area contributed by atoms with E-state index in [0.717, 1.165) is 11.1 Å². The molecule has 0 fully saturated rings. The number of phenolic OH excluding ortho intramolecular Hbond substituents is 2. The van der Waals surface area contributed by atoms with Crippen molar-refractivity contribution in [2.45, 2.75) is 25.7 Å². The first-order valence-electron chi connectivity index (χ1n) is 7.14. The smallest absolute Gasteiger partial charge is 0.302 e.